The zero-order chi connectivity index (χ0) is 53.6. The molecule has 0 radical (unpaired) electrons. The summed E-state index contributed by atoms with van der Waals surface area (Å²) in [4.78, 5) is 10.2. The first-order chi connectivity index (χ1) is 40.0. The van der Waals surface area contributed by atoms with Gasteiger partial charge in [-0.25, -0.2) is 0 Å². The summed E-state index contributed by atoms with van der Waals surface area (Å²) in [6, 6.07) is 62.9. The zero-order valence-corrected chi connectivity index (χ0v) is 46.1. The van der Waals surface area contributed by atoms with Crippen molar-refractivity contribution in [3.63, 3.8) is 0 Å². The van der Waals surface area contributed by atoms with Crippen LogP contribution in [-0.4, -0.2) is 13.4 Å². The van der Waals surface area contributed by atoms with E-state index in [4.69, 9.17) is 8.83 Å². The molecule has 6 nitrogen and oxygen atoms in total. The zero-order valence-electron chi connectivity index (χ0n) is 44.5. The third kappa shape index (κ3) is 6.65. The van der Waals surface area contributed by atoms with E-state index in [0.717, 1.165) is 101 Å². The van der Waals surface area contributed by atoms with Crippen molar-refractivity contribution in [1.82, 2.24) is 0 Å². The topological polar surface area (TPSA) is 39.2 Å². The van der Waals surface area contributed by atoms with Crippen LogP contribution in [0.4, 0.5) is 62.6 Å². The van der Waals surface area contributed by atoms with Crippen LogP contribution in [0, 0.1) is 25.0 Å². The maximum atomic E-state index is 7.29. The number of rotatable bonds is 7. The molecule has 7 aromatic carbocycles. The highest BCUT2D eigenvalue weighted by molar-refractivity contribution is 7.40. The van der Waals surface area contributed by atoms with E-state index in [1.807, 2.05) is 40.9 Å². The fourth-order valence-corrected chi connectivity index (χ4v) is 16.5. The number of thiophene rings is 2. The normalized spacial score (nSPS) is 16.0. The molecule has 17 rings (SSSR count). The average Bonchev–Trinajstić information content (AvgIpc) is 2.36. The highest BCUT2D eigenvalue weighted by Crippen LogP contribution is 2.54. The van der Waals surface area contributed by atoms with Gasteiger partial charge in [-0.2, -0.15) is 0 Å². The quantitative estimate of drug-likeness (QED) is 0.117. The van der Waals surface area contributed by atoms with E-state index in [1.54, 1.807) is 0 Å². The highest BCUT2D eigenvalue weighted by Gasteiger charge is 2.52. The molecule has 2 aliphatic carbocycles. The lowest BCUT2D eigenvalue weighted by atomic mass is 9.37. The second kappa shape index (κ2) is 17.8. The molecule has 0 bridgehead atoms. The van der Waals surface area contributed by atoms with Crippen LogP contribution < -0.4 is 51.4 Å². The number of benzene rings is 6. The molecule has 0 saturated carbocycles. The van der Waals surface area contributed by atoms with Crippen molar-refractivity contribution < 1.29 is 8.83 Å². The Bertz CT molecular complexity index is 4640. The van der Waals surface area contributed by atoms with Crippen LogP contribution in [-0.2, 0) is 6.42 Å². The molecule has 382 valence electrons. The number of hydrogen-bond donors (Lipinski definition) is 0. The van der Waals surface area contributed by atoms with Crippen LogP contribution in [0.2, 0.25) is 0 Å². The molecule has 6 aliphatic rings. The predicted octanol–water partition coefficient (Wildman–Crippen LogP) is 15.5. The first kappa shape index (κ1) is 46.5. The van der Waals surface area contributed by atoms with Gasteiger partial charge in [0.25, 0.3) is 6.71 Å². The van der Waals surface area contributed by atoms with Gasteiger partial charge in [0.15, 0.2) is 0 Å². The van der Waals surface area contributed by atoms with Crippen molar-refractivity contribution in [2.75, 3.05) is 19.6 Å². The largest absolute Gasteiger partial charge is 0.473 e. The van der Waals surface area contributed by atoms with Gasteiger partial charge in [0, 0.05) is 87.6 Å². The molecule has 4 aromatic heterocycles. The first-order valence-corrected chi connectivity index (χ1v) is 29.5. The van der Waals surface area contributed by atoms with Crippen molar-refractivity contribution in [2.45, 2.75) is 26.7 Å². The molecule has 4 aliphatic heterocycles. The summed E-state index contributed by atoms with van der Waals surface area (Å²) in [5.41, 5.74) is 22.1. The monoisotopic (exact) mass is 1070 g/mol. The predicted molar refractivity (Wildman–Crippen MR) is 344 cm³/mol. The Hall–Kier alpha value is -9.39. The smallest absolute Gasteiger partial charge is 0.342 e. The van der Waals surface area contributed by atoms with E-state index in [0.29, 0.717) is 6.42 Å². The number of para-hydroxylation sites is 3. The maximum absolute atomic E-state index is 7.29. The van der Waals surface area contributed by atoms with Crippen molar-refractivity contribution >= 4 is 163 Å². The Labute approximate surface area is 479 Å². The highest BCUT2D eigenvalue weighted by atomic mass is 32.1. The van der Waals surface area contributed by atoms with E-state index in [-0.39, 0.29) is 19.3 Å². The van der Waals surface area contributed by atoms with Crippen LogP contribution in [0.5, 0.6) is 0 Å². The SMILES string of the molecule is C=C/C=C\c1c(C)oc2c1N(c1ccccc1)c1cc(-c3cc4c5c(c3)N(c3ccccc3)c3c(sc6ccccc36)B5c3sc5c#cccc5c3N4C3=CC=CCC3C)cc3c1B2c1oc2c(c1N3c1ccccc1)CC=CC=C2. The van der Waals surface area contributed by atoms with Crippen molar-refractivity contribution in [3.05, 3.63) is 247 Å². The maximum Gasteiger partial charge on any atom is 0.342 e. The molecule has 0 fully saturated rings. The Morgan fingerprint density at radius 2 is 1.22 bits per heavy atom. The van der Waals surface area contributed by atoms with E-state index in [1.165, 1.54) is 58.9 Å². The average molecular weight is 1070 g/mol. The Kier molecular flexibility index (Phi) is 10.2. The van der Waals surface area contributed by atoms with E-state index >= 15 is 0 Å². The lowest BCUT2D eigenvalue weighted by Gasteiger charge is -2.44. The van der Waals surface area contributed by atoms with Crippen molar-refractivity contribution in [3.8, 4) is 11.1 Å². The van der Waals surface area contributed by atoms with Gasteiger partial charge in [0.1, 0.15) is 22.8 Å². The Balaban J connectivity index is 1.02. The first-order valence-electron chi connectivity index (χ1n) is 27.9. The van der Waals surface area contributed by atoms with E-state index in [9.17, 15) is 0 Å². The van der Waals surface area contributed by atoms with Gasteiger partial charge < -0.3 is 28.4 Å². The Morgan fingerprint density at radius 3 is 1.91 bits per heavy atom. The summed E-state index contributed by atoms with van der Waals surface area (Å²) in [6.45, 7) is 8.18. The third-order valence-electron chi connectivity index (χ3n) is 17.2. The summed E-state index contributed by atoms with van der Waals surface area (Å²) in [5.74, 6) is 1.95. The number of aryl methyl sites for hydroxylation is 1. The minimum Gasteiger partial charge on any atom is -0.473 e. The van der Waals surface area contributed by atoms with Crippen LogP contribution in [0.3, 0.4) is 0 Å². The molecule has 0 spiro atoms. The second-order valence-corrected chi connectivity index (χ2v) is 23.9. The minimum absolute atomic E-state index is 0.0289. The standard InChI is InChI=1S/C71H48B2N4O2S2/c1-4-5-31-50-44(3)78-68-64(50)74(47-25-10-6-11-26-47)55-39-45(40-56-62(55)72(68)69-65(75(56)48-27-12-7-13-28-48)51-32-16-9-17-36-59(51)79-69)46-41-57-63-58(42-46)77(54-35-21-18-24-43(54)2)67-53-34-20-23-38-61(53)81-71(67)73(63)70-66(52-33-19-22-37-60(52)80-70)76(57)49-29-14-8-15-30-49/h4-22,25-31,33-37,39-43H,1,24,32H2,2-3H3/b31-5-. The molecule has 81 heavy (non-hydrogen) atoms. The van der Waals surface area contributed by atoms with Gasteiger partial charge in [0.2, 0.25) is 0 Å². The van der Waals surface area contributed by atoms with Gasteiger partial charge in [-0.05, 0) is 139 Å². The molecular weight excluding hydrogens is 1030 g/mol. The number of allylic oxidation sites excluding steroid dienone is 9. The summed E-state index contributed by atoms with van der Waals surface area (Å²) >= 11 is 3.82. The van der Waals surface area contributed by atoms with Crippen LogP contribution in [0.15, 0.2) is 221 Å². The number of nitrogens with zero attached hydrogens (tertiary/aromatic N) is 4. The summed E-state index contributed by atoms with van der Waals surface area (Å²) in [5, 5.41) is 2.46. The van der Waals surface area contributed by atoms with Crippen molar-refractivity contribution in [1.29, 1.82) is 0 Å². The van der Waals surface area contributed by atoms with Crippen LogP contribution >= 0.6 is 22.7 Å². The van der Waals surface area contributed by atoms with Crippen LogP contribution in [0.1, 0.15) is 36.0 Å². The van der Waals surface area contributed by atoms with Gasteiger partial charge in [0.05, 0.1) is 27.4 Å². The van der Waals surface area contributed by atoms with Gasteiger partial charge in [-0.1, -0.05) is 141 Å². The molecule has 0 amide bonds. The fraction of sp³-hybridized carbons (Fsp3) is 0.0704. The number of fused-ring (bicyclic) bond motifs is 14. The fourth-order valence-electron chi connectivity index (χ4n) is 13.9. The van der Waals surface area contributed by atoms with Crippen molar-refractivity contribution in [2.24, 2.45) is 5.92 Å². The molecule has 0 N–H and O–H groups in total. The molecule has 1 unspecified atom stereocenters. The Morgan fingerprint density at radius 1 is 0.617 bits per heavy atom. The van der Waals surface area contributed by atoms with E-state index < -0.39 is 0 Å². The molecular formula is C71H48B2N4O2S2. The summed E-state index contributed by atoms with van der Waals surface area (Å²) < 4.78 is 19.6. The third-order valence-corrected chi connectivity index (χ3v) is 19.6. The second-order valence-electron chi connectivity index (χ2n) is 21.7. The molecule has 10 heteroatoms. The number of furan rings is 2. The van der Waals surface area contributed by atoms with E-state index in [2.05, 4.69) is 246 Å². The lowest BCUT2D eigenvalue weighted by Crippen LogP contribution is -2.60. The van der Waals surface area contributed by atoms with Gasteiger partial charge >= 0.3 is 6.71 Å². The van der Waals surface area contributed by atoms with Gasteiger partial charge in [-0.15, -0.1) is 22.7 Å². The minimum atomic E-state index is -0.366. The molecule has 1 atom stereocenters. The molecule has 8 heterocycles. The lowest BCUT2D eigenvalue weighted by molar-refractivity contribution is 0.559. The number of hydrogen-bond acceptors (Lipinski definition) is 8. The van der Waals surface area contributed by atoms with Gasteiger partial charge in [-0.3, -0.25) is 0 Å². The summed E-state index contributed by atoms with van der Waals surface area (Å²) in [7, 11) is 0. The number of anilines is 11. The summed E-state index contributed by atoms with van der Waals surface area (Å²) in [6.07, 6.45) is 23.2. The van der Waals surface area contributed by atoms with Crippen LogP contribution in [0.25, 0.3) is 43.5 Å². The molecule has 0 saturated heterocycles. The molecule has 11 aromatic rings.